The molecule has 86 valence electrons. The summed E-state index contributed by atoms with van der Waals surface area (Å²) in [5.74, 6) is 0. The Morgan fingerprint density at radius 3 is 2.80 bits per heavy atom. The third kappa shape index (κ3) is 5.49. The lowest BCUT2D eigenvalue weighted by Gasteiger charge is -2.14. The summed E-state index contributed by atoms with van der Waals surface area (Å²) in [6.45, 7) is 5.68. The highest BCUT2D eigenvalue weighted by atomic mass is 16.3. The van der Waals surface area contributed by atoms with Crippen LogP contribution >= 0.6 is 0 Å². The van der Waals surface area contributed by atoms with E-state index in [-0.39, 0.29) is 6.10 Å². The average molecular weight is 212 g/mol. The van der Waals surface area contributed by atoms with E-state index in [0.717, 1.165) is 25.9 Å². The van der Waals surface area contributed by atoms with Crippen LogP contribution in [-0.2, 0) is 6.54 Å². The van der Waals surface area contributed by atoms with Crippen molar-refractivity contribution in [2.75, 3.05) is 6.54 Å². The molecule has 0 aromatic carbocycles. The maximum atomic E-state index is 9.08. The third-order valence-corrected chi connectivity index (χ3v) is 2.31. The lowest BCUT2D eigenvalue weighted by Crippen LogP contribution is -2.29. The maximum absolute atomic E-state index is 9.08. The summed E-state index contributed by atoms with van der Waals surface area (Å²) < 4.78 is 1.83. The summed E-state index contributed by atoms with van der Waals surface area (Å²) in [6.07, 6.45) is 4.87. The molecule has 0 fully saturated rings. The maximum Gasteiger partial charge on any atom is 0.137 e. The molecule has 15 heavy (non-hydrogen) atoms. The second-order valence-electron chi connectivity index (χ2n) is 3.94. The van der Waals surface area contributed by atoms with Gasteiger partial charge in [-0.2, -0.15) is 5.10 Å². The van der Waals surface area contributed by atoms with Crippen LogP contribution in [0, 0.1) is 0 Å². The Hall–Kier alpha value is -0.940. The molecule has 0 saturated carbocycles. The van der Waals surface area contributed by atoms with E-state index in [1.54, 1.807) is 12.7 Å². The SMILES string of the molecule is CC(O)CCNC(C)CCn1cncn1. The van der Waals surface area contributed by atoms with Crippen molar-refractivity contribution < 1.29 is 5.11 Å². The molecule has 0 aliphatic heterocycles. The highest BCUT2D eigenvalue weighted by molar-refractivity contribution is 4.63. The number of hydrogen-bond donors (Lipinski definition) is 2. The molecule has 5 heteroatoms. The molecule has 2 unspecified atom stereocenters. The van der Waals surface area contributed by atoms with Crippen LogP contribution in [0.5, 0.6) is 0 Å². The summed E-state index contributed by atoms with van der Waals surface area (Å²) in [5, 5.41) is 16.5. The van der Waals surface area contributed by atoms with Gasteiger partial charge in [0.25, 0.3) is 0 Å². The van der Waals surface area contributed by atoms with E-state index in [2.05, 4.69) is 22.3 Å². The zero-order chi connectivity index (χ0) is 11.1. The topological polar surface area (TPSA) is 63.0 Å². The minimum atomic E-state index is -0.222. The molecule has 2 N–H and O–H groups in total. The molecule has 1 aromatic rings. The van der Waals surface area contributed by atoms with Gasteiger partial charge in [-0.15, -0.1) is 0 Å². The van der Waals surface area contributed by atoms with Gasteiger partial charge in [0.1, 0.15) is 12.7 Å². The first-order chi connectivity index (χ1) is 7.18. The Labute approximate surface area is 90.5 Å². The van der Waals surface area contributed by atoms with Crippen LogP contribution in [0.25, 0.3) is 0 Å². The van der Waals surface area contributed by atoms with Gasteiger partial charge in [-0.05, 0) is 33.2 Å². The monoisotopic (exact) mass is 212 g/mol. The first-order valence-corrected chi connectivity index (χ1v) is 5.42. The lowest BCUT2D eigenvalue weighted by atomic mass is 10.2. The average Bonchev–Trinajstić information content (AvgIpc) is 2.66. The van der Waals surface area contributed by atoms with Crippen LogP contribution in [0.2, 0.25) is 0 Å². The summed E-state index contributed by atoms with van der Waals surface area (Å²) in [6, 6.07) is 0.438. The Morgan fingerprint density at radius 1 is 1.40 bits per heavy atom. The van der Waals surface area contributed by atoms with Crippen LogP contribution in [0.1, 0.15) is 26.7 Å². The molecule has 0 aliphatic carbocycles. The van der Waals surface area contributed by atoms with E-state index in [0.29, 0.717) is 6.04 Å². The number of rotatable bonds is 7. The summed E-state index contributed by atoms with van der Waals surface area (Å²) in [7, 11) is 0. The summed E-state index contributed by atoms with van der Waals surface area (Å²) >= 11 is 0. The Morgan fingerprint density at radius 2 is 2.20 bits per heavy atom. The van der Waals surface area contributed by atoms with Gasteiger partial charge in [0.05, 0.1) is 6.10 Å². The number of nitrogens with zero attached hydrogens (tertiary/aromatic N) is 3. The number of aryl methyl sites for hydroxylation is 1. The van der Waals surface area contributed by atoms with E-state index in [1.165, 1.54) is 0 Å². The number of aliphatic hydroxyl groups is 1. The van der Waals surface area contributed by atoms with Crippen LogP contribution in [0.15, 0.2) is 12.7 Å². The summed E-state index contributed by atoms with van der Waals surface area (Å²) in [4.78, 5) is 3.88. The van der Waals surface area contributed by atoms with Crippen molar-refractivity contribution >= 4 is 0 Å². The predicted octanol–water partition coefficient (Wildman–Crippen LogP) is 0.417. The minimum Gasteiger partial charge on any atom is -0.393 e. The highest BCUT2D eigenvalue weighted by Gasteiger charge is 2.02. The van der Waals surface area contributed by atoms with Crippen molar-refractivity contribution in [3.63, 3.8) is 0 Å². The van der Waals surface area contributed by atoms with Gasteiger partial charge in [0, 0.05) is 12.6 Å². The van der Waals surface area contributed by atoms with Gasteiger partial charge < -0.3 is 10.4 Å². The molecule has 0 saturated heterocycles. The smallest absolute Gasteiger partial charge is 0.137 e. The van der Waals surface area contributed by atoms with Gasteiger partial charge in [0.2, 0.25) is 0 Å². The molecule has 0 aliphatic rings. The number of aliphatic hydroxyl groups excluding tert-OH is 1. The first-order valence-electron chi connectivity index (χ1n) is 5.42. The van der Waals surface area contributed by atoms with E-state index in [9.17, 15) is 0 Å². The zero-order valence-electron chi connectivity index (χ0n) is 9.43. The van der Waals surface area contributed by atoms with E-state index in [4.69, 9.17) is 5.11 Å². The van der Waals surface area contributed by atoms with Gasteiger partial charge in [0.15, 0.2) is 0 Å². The van der Waals surface area contributed by atoms with Crippen molar-refractivity contribution in [2.24, 2.45) is 0 Å². The molecule has 2 atom stereocenters. The van der Waals surface area contributed by atoms with Crippen molar-refractivity contribution in [3.05, 3.63) is 12.7 Å². The zero-order valence-corrected chi connectivity index (χ0v) is 9.43. The van der Waals surface area contributed by atoms with Gasteiger partial charge in [-0.3, -0.25) is 4.68 Å². The largest absolute Gasteiger partial charge is 0.393 e. The highest BCUT2D eigenvalue weighted by Crippen LogP contribution is 1.95. The van der Waals surface area contributed by atoms with Crippen LogP contribution in [0.3, 0.4) is 0 Å². The Kier molecular flexibility index (Phi) is 5.28. The third-order valence-electron chi connectivity index (χ3n) is 2.31. The molecule has 0 radical (unpaired) electrons. The second-order valence-corrected chi connectivity index (χ2v) is 3.94. The van der Waals surface area contributed by atoms with Gasteiger partial charge >= 0.3 is 0 Å². The Balaban J connectivity index is 2.06. The summed E-state index contributed by atoms with van der Waals surface area (Å²) in [5.41, 5.74) is 0. The second kappa shape index (κ2) is 6.53. The number of aromatic nitrogens is 3. The van der Waals surface area contributed by atoms with Crippen LogP contribution in [0.4, 0.5) is 0 Å². The quantitative estimate of drug-likeness (QED) is 0.687. The molecule has 1 heterocycles. The van der Waals surface area contributed by atoms with E-state index in [1.807, 2.05) is 11.6 Å². The van der Waals surface area contributed by atoms with Crippen molar-refractivity contribution in [1.29, 1.82) is 0 Å². The molecule has 0 amide bonds. The standard InChI is InChI=1S/C10H20N4O/c1-9(12-5-3-10(2)15)4-6-14-8-11-7-13-14/h7-10,12,15H,3-6H2,1-2H3. The fraction of sp³-hybridized carbons (Fsp3) is 0.800. The fourth-order valence-corrected chi connectivity index (χ4v) is 1.31. The van der Waals surface area contributed by atoms with Crippen LogP contribution in [-0.4, -0.2) is 38.6 Å². The van der Waals surface area contributed by atoms with Crippen molar-refractivity contribution in [2.45, 2.75) is 45.4 Å². The minimum absolute atomic E-state index is 0.222. The molecule has 1 rings (SSSR count). The van der Waals surface area contributed by atoms with Crippen LogP contribution < -0.4 is 5.32 Å². The van der Waals surface area contributed by atoms with Crippen molar-refractivity contribution in [1.82, 2.24) is 20.1 Å². The van der Waals surface area contributed by atoms with Crippen molar-refractivity contribution in [3.8, 4) is 0 Å². The fourth-order valence-electron chi connectivity index (χ4n) is 1.31. The number of nitrogens with one attached hydrogen (secondary N) is 1. The van der Waals surface area contributed by atoms with E-state index < -0.39 is 0 Å². The van der Waals surface area contributed by atoms with Gasteiger partial charge in [-0.1, -0.05) is 0 Å². The number of hydrogen-bond acceptors (Lipinski definition) is 4. The normalized spacial score (nSPS) is 15.1. The van der Waals surface area contributed by atoms with E-state index >= 15 is 0 Å². The molecule has 1 aromatic heterocycles. The molecule has 0 spiro atoms. The molecule has 5 nitrogen and oxygen atoms in total. The first kappa shape index (κ1) is 12.1. The Bertz CT molecular complexity index is 248. The van der Waals surface area contributed by atoms with Gasteiger partial charge in [-0.25, -0.2) is 4.98 Å². The molecule has 0 bridgehead atoms. The lowest BCUT2D eigenvalue weighted by molar-refractivity contribution is 0.182. The predicted molar refractivity (Wildman–Crippen MR) is 58.4 cm³/mol. The molecular weight excluding hydrogens is 192 g/mol. The molecular formula is C10H20N4O.